The summed E-state index contributed by atoms with van der Waals surface area (Å²) in [7, 11) is 0. The molecule has 204 valence electrons. The molecule has 8 nitrogen and oxygen atoms in total. The smallest absolute Gasteiger partial charge is 0.251 e. The highest BCUT2D eigenvalue weighted by Gasteiger charge is 2.30. The first-order chi connectivity index (χ1) is 18.9. The molecule has 0 saturated heterocycles. The Bertz CT molecular complexity index is 1440. The second-order valence-electron chi connectivity index (χ2n) is 9.07. The number of hydrazine groups is 1. The SMILES string of the molecule is CCN(CC)c1ncnc2ccc(C#CCNC(=O)C3=C(C)N(CCO)N(Cc4ccc(F)c(F)c4)C3)cc12. The fourth-order valence-corrected chi connectivity index (χ4v) is 4.65. The Hall–Kier alpha value is -4.07. The van der Waals surface area contributed by atoms with Crippen LogP contribution in [0.1, 0.15) is 31.9 Å². The van der Waals surface area contributed by atoms with Crippen molar-refractivity contribution in [1.29, 1.82) is 0 Å². The van der Waals surface area contributed by atoms with Gasteiger partial charge in [0.25, 0.3) is 5.91 Å². The van der Waals surface area contributed by atoms with Crippen molar-refractivity contribution in [2.45, 2.75) is 27.3 Å². The Morgan fingerprint density at radius 2 is 1.92 bits per heavy atom. The van der Waals surface area contributed by atoms with Gasteiger partial charge in [0.05, 0.1) is 37.3 Å². The van der Waals surface area contributed by atoms with Crippen molar-refractivity contribution in [3.63, 3.8) is 0 Å². The number of nitrogens with zero attached hydrogens (tertiary/aromatic N) is 5. The van der Waals surface area contributed by atoms with E-state index in [-0.39, 0.29) is 38.7 Å². The average molecular weight is 535 g/mol. The van der Waals surface area contributed by atoms with Crippen molar-refractivity contribution in [2.24, 2.45) is 0 Å². The molecule has 1 aliphatic heterocycles. The van der Waals surface area contributed by atoms with Crippen molar-refractivity contribution in [3.8, 4) is 11.8 Å². The molecular weight excluding hydrogens is 502 g/mol. The van der Waals surface area contributed by atoms with E-state index in [0.717, 1.165) is 47.5 Å². The van der Waals surface area contributed by atoms with E-state index >= 15 is 0 Å². The summed E-state index contributed by atoms with van der Waals surface area (Å²) in [6.45, 7) is 8.42. The highest BCUT2D eigenvalue weighted by Crippen LogP contribution is 2.26. The fraction of sp³-hybridized carbons (Fsp3) is 0.345. The van der Waals surface area contributed by atoms with Gasteiger partial charge in [-0.1, -0.05) is 17.9 Å². The standard InChI is InChI=1S/C29H32F2N6O2/c1-4-35(5-2)28-23-15-21(9-11-27(23)33-19-34-28)7-6-12-32-29(39)24-18-36(37(13-14-38)20(24)3)17-22-8-10-25(30)26(31)16-22/h8-11,15-16,19,38H,4-5,12-14,17-18H2,1-3H3,(H,32,39). The number of carbonyl (C=O) groups excluding carboxylic acids is 1. The number of anilines is 1. The lowest BCUT2D eigenvalue weighted by Crippen LogP contribution is -2.38. The summed E-state index contributed by atoms with van der Waals surface area (Å²) in [5.41, 5.74) is 3.41. The van der Waals surface area contributed by atoms with Crippen LogP contribution in [0.2, 0.25) is 0 Å². The molecule has 0 aliphatic carbocycles. The number of nitrogens with one attached hydrogen (secondary N) is 1. The van der Waals surface area contributed by atoms with Gasteiger partial charge < -0.3 is 20.3 Å². The number of aliphatic hydroxyl groups excluding tert-OH is 1. The Morgan fingerprint density at radius 3 is 2.64 bits per heavy atom. The zero-order chi connectivity index (χ0) is 27.9. The number of rotatable bonds is 9. The number of benzene rings is 2. The van der Waals surface area contributed by atoms with Crippen LogP contribution in [-0.2, 0) is 11.3 Å². The van der Waals surface area contributed by atoms with Crippen molar-refractivity contribution in [1.82, 2.24) is 25.3 Å². The highest BCUT2D eigenvalue weighted by molar-refractivity contribution is 5.95. The third kappa shape index (κ3) is 6.33. The minimum atomic E-state index is -0.926. The summed E-state index contributed by atoms with van der Waals surface area (Å²) in [5, 5.41) is 16.9. The Balaban J connectivity index is 1.43. The summed E-state index contributed by atoms with van der Waals surface area (Å²) in [6, 6.07) is 9.49. The molecule has 0 bridgehead atoms. The number of hydrogen-bond acceptors (Lipinski definition) is 7. The van der Waals surface area contributed by atoms with E-state index < -0.39 is 11.6 Å². The first kappa shape index (κ1) is 28.0. The normalized spacial score (nSPS) is 13.5. The van der Waals surface area contributed by atoms with Crippen LogP contribution >= 0.6 is 0 Å². The lowest BCUT2D eigenvalue weighted by molar-refractivity contribution is -0.117. The first-order valence-corrected chi connectivity index (χ1v) is 12.9. The monoisotopic (exact) mass is 534 g/mol. The molecule has 0 fully saturated rings. The lowest BCUT2D eigenvalue weighted by atomic mass is 10.1. The van der Waals surface area contributed by atoms with Crippen LogP contribution < -0.4 is 10.2 Å². The maximum Gasteiger partial charge on any atom is 0.251 e. The molecular formula is C29H32F2N6O2. The van der Waals surface area contributed by atoms with E-state index in [9.17, 15) is 18.7 Å². The van der Waals surface area contributed by atoms with Gasteiger partial charge in [0, 0.05) is 36.3 Å². The van der Waals surface area contributed by atoms with E-state index in [2.05, 4.69) is 45.9 Å². The maximum absolute atomic E-state index is 13.7. The summed E-state index contributed by atoms with van der Waals surface area (Å²) in [6.07, 6.45) is 1.57. The van der Waals surface area contributed by atoms with Crippen molar-refractivity contribution in [2.75, 3.05) is 44.2 Å². The summed E-state index contributed by atoms with van der Waals surface area (Å²) < 4.78 is 27.0. The van der Waals surface area contributed by atoms with Crippen LogP contribution in [0, 0.1) is 23.5 Å². The molecule has 1 amide bonds. The van der Waals surface area contributed by atoms with Gasteiger partial charge in [0.2, 0.25) is 0 Å². The van der Waals surface area contributed by atoms with Crippen LogP contribution in [-0.4, -0.2) is 70.3 Å². The number of allylic oxidation sites excluding steroid dienone is 1. The molecule has 2 N–H and O–H groups in total. The quantitative estimate of drug-likeness (QED) is 0.408. The molecule has 1 aliphatic rings. The van der Waals surface area contributed by atoms with Gasteiger partial charge in [-0.25, -0.2) is 23.8 Å². The van der Waals surface area contributed by atoms with Gasteiger partial charge >= 0.3 is 0 Å². The van der Waals surface area contributed by atoms with E-state index in [1.54, 1.807) is 18.3 Å². The van der Waals surface area contributed by atoms with Gasteiger partial charge in [-0.15, -0.1) is 0 Å². The van der Waals surface area contributed by atoms with Crippen LogP contribution in [0.3, 0.4) is 0 Å². The molecule has 2 heterocycles. The summed E-state index contributed by atoms with van der Waals surface area (Å²) in [5.74, 6) is 4.87. The molecule has 0 spiro atoms. The molecule has 3 aromatic rings. The zero-order valence-electron chi connectivity index (χ0n) is 22.3. The van der Waals surface area contributed by atoms with Crippen LogP contribution in [0.5, 0.6) is 0 Å². The largest absolute Gasteiger partial charge is 0.394 e. The predicted octanol–water partition coefficient (Wildman–Crippen LogP) is 3.22. The van der Waals surface area contributed by atoms with Crippen molar-refractivity contribution < 1.29 is 18.7 Å². The van der Waals surface area contributed by atoms with Crippen molar-refractivity contribution >= 4 is 22.6 Å². The minimum Gasteiger partial charge on any atom is -0.394 e. The van der Waals surface area contributed by atoms with Crippen LogP contribution in [0.25, 0.3) is 10.9 Å². The topological polar surface area (TPSA) is 84.8 Å². The summed E-state index contributed by atoms with van der Waals surface area (Å²) in [4.78, 5) is 24.0. The van der Waals surface area contributed by atoms with Gasteiger partial charge in [-0.05, 0) is 56.7 Å². The Morgan fingerprint density at radius 1 is 1.13 bits per heavy atom. The number of aromatic nitrogens is 2. The van der Waals surface area contributed by atoms with Crippen molar-refractivity contribution in [3.05, 3.63) is 76.8 Å². The number of hydrogen-bond donors (Lipinski definition) is 2. The average Bonchev–Trinajstić information content (AvgIpc) is 3.24. The Kier molecular flexibility index (Phi) is 9.07. The van der Waals surface area contributed by atoms with E-state index in [4.69, 9.17) is 0 Å². The van der Waals surface area contributed by atoms with Crippen LogP contribution in [0.4, 0.5) is 14.6 Å². The molecule has 1 aromatic heterocycles. The van der Waals surface area contributed by atoms with E-state index in [1.807, 2.05) is 23.2 Å². The lowest BCUT2D eigenvalue weighted by Gasteiger charge is -2.30. The second kappa shape index (κ2) is 12.7. The molecule has 10 heteroatoms. The third-order valence-corrected chi connectivity index (χ3v) is 6.69. The number of amides is 1. The maximum atomic E-state index is 13.7. The van der Waals surface area contributed by atoms with Gasteiger partial charge in [-0.2, -0.15) is 0 Å². The molecule has 2 aromatic carbocycles. The first-order valence-electron chi connectivity index (χ1n) is 12.9. The number of fused-ring (bicyclic) bond motifs is 1. The minimum absolute atomic E-state index is 0.126. The summed E-state index contributed by atoms with van der Waals surface area (Å²) >= 11 is 0. The third-order valence-electron chi connectivity index (χ3n) is 6.69. The highest BCUT2D eigenvalue weighted by atomic mass is 19.2. The molecule has 0 radical (unpaired) electrons. The fourth-order valence-electron chi connectivity index (χ4n) is 4.65. The Labute approximate surface area is 226 Å². The molecule has 0 atom stereocenters. The molecule has 0 unspecified atom stereocenters. The van der Waals surface area contributed by atoms with Gasteiger partial charge in [-0.3, -0.25) is 4.79 Å². The van der Waals surface area contributed by atoms with Gasteiger partial charge in [0.15, 0.2) is 11.6 Å². The number of β-amino-alcohol motifs (C(OH)–C–C–N with tert-alkyl or cyclic N) is 1. The zero-order valence-corrected chi connectivity index (χ0v) is 22.3. The van der Waals surface area contributed by atoms with Crippen LogP contribution in [0.15, 0.2) is 54.0 Å². The molecule has 0 saturated carbocycles. The predicted molar refractivity (Wildman–Crippen MR) is 146 cm³/mol. The number of halogens is 2. The van der Waals surface area contributed by atoms with Gasteiger partial charge in [0.1, 0.15) is 12.1 Å². The second-order valence-corrected chi connectivity index (χ2v) is 9.07. The number of aliphatic hydroxyl groups is 1. The number of carbonyl (C=O) groups is 1. The molecule has 4 rings (SSSR count). The van der Waals surface area contributed by atoms with E-state index in [1.165, 1.54) is 6.07 Å². The van der Waals surface area contributed by atoms with E-state index in [0.29, 0.717) is 16.8 Å². The molecule has 39 heavy (non-hydrogen) atoms.